The van der Waals surface area contributed by atoms with Crippen molar-refractivity contribution in [3.8, 4) is 0 Å². The smallest absolute Gasteiger partial charge is 0.326 e. The zero-order chi connectivity index (χ0) is 21.0. The Morgan fingerprint density at radius 2 is 1.83 bits per heavy atom. The first-order chi connectivity index (χ1) is 13.8. The third-order valence-corrected chi connectivity index (χ3v) is 4.73. The number of aromatic nitrogens is 1. The van der Waals surface area contributed by atoms with Crippen LogP contribution < -0.4 is 10.6 Å². The monoisotopic (exact) mass is 393 g/mol. The van der Waals surface area contributed by atoms with E-state index >= 15 is 0 Å². The van der Waals surface area contributed by atoms with Gasteiger partial charge in [-0.25, -0.2) is 4.79 Å². The molecule has 0 spiro atoms. The highest BCUT2D eigenvalue weighted by Gasteiger charge is 2.25. The number of carbonyl (C=O) groups is 3. The van der Waals surface area contributed by atoms with Crippen LogP contribution in [0.25, 0.3) is 10.9 Å². The first kappa shape index (κ1) is 20.1. The molecule has 3 aromatic rings. The van der Waals surface area contributed by atoms with Crippen molar-refractivity contribution in [2.75, 3.05) is 0 Å². The van der Waals surface area contributed by atoms with Crippen LogP contribution in [0.5, 0.6) is 0 Å². The first-order valence-electron chi connectivity index (χ1n) is 9.31. The number of para-hydroxylation sites is 1. The SMILES string of the molecule is Cc1cccc(C(=O)N[C@@H](C)C(=O)N[C@@H](Cc2c[nH]c3ccccc23)C(=O)O)c1. The average Bonchev–Trinajstić information content (AvgIpc) is 3.10. The summed E-state index contributed by atoms with van der Waals surface area (Å²) in [6, 6.07) is 12.6. The Hall–Kier alpha value is -3.61. The fourth-order valence-electron chi connectivity index (χ4n) is 3.15. The quantitative estimate of drug-likeness (QED) is 0.494. The Morgan fingerprint density at radius 1 is 1.07 bits per heavy atom. The van der Waals surface area contributed by atoms with E-state index < -0.39 is 24.0 Å². The van der Waals surface area contributed by atoms with Gasteiger partial charge in [-0.15, -0.1) is 0 Å². The van der Waals surface area contributed by atoms with Gasteiger partial charge in [0.05, 0.1) is 0 Å². The van der Waals surface area contributed by atoms with Crippen LogP contribution in [0.4, 0.5) is 0 Å². The minimum Gasteiger partial charge on any atom is -0.480 e. The summed E-state index contributed by atoms with van der Waals surface area (Å²) in [4.78, 5) is 39.6. The third kappa shape index (κ3) is 4.82. The number of aryl methyl sites for hydroxylation is 1. The van der Waals surface area contributed by atoms with Crippen molar-refractivity contribution >= 4 is 28.7 Å². The Kier molecular flexibility index (Phi) is 5.97. The number of H-pyrrole nitrogens is 1. The second-order valence-electron chi connectivity index (χ2n) is 7.03. The molecule has 1 heterocycles. The molecule has 0 saturated heterocycles. The Morgan fingerprint density at radius 3 is 2.55 bits per heavy atom. The second-order valence-corrected chi connectivity index (χ2v) is 7.03. The van der Waals surface area contributed by atoms with Gasteiger partial charge in [0, 0.05) is 29.1 Å². The zero-order valence-electron chi connectivity index (χ0n) is 16.2. The highest BCUT2D eigenvalue weighted by molar-refractivity contribution is 5.98. The van der Waals surface area contributed by atoms with Crippen LogP contribution in [0, 0.1) is 6.92 Å². The highest BCUT2D eigenvalue weighted by atomic mass is 16.4. The molecule has 4 N–H and O–H groups in total. The van der Waals surface area contributed by atoms with Gasteiger partial charge < -0.3 is 20.7 Å². The molecule has 0 radical (unpaired) electrons. The van der Waals surface area contributed by atoms with E-state index in [2.05, 4.69) is 15.6 Å². The number of aromatic amines is 1. The summed E-state index contributed by atoms with van der Waals surface area (Å²) in [5, 5.41) is 15.6. The van der Waals surface area contributed by atoms with Gasteiger partial charge in [0.2, 0.25) is 5.91 Å². The van der Waals surface area contributed by atoms with Crippen LogP contribution in [0.2, 0.25) is 0 Å². The number of hydrogen-bond donors (Lipinski definition) is 4. The van der Waals surface area contributed by atoms with Crippen LogP contribution in [0.1, 0.15) is 28.4 Å². The lowest BCUT2D eigenvalue weighted by Crippen LogP contribution is -2.51. The molecule has 150 valence electrons. The molecule has 0 aliphatic carbocycles. The van der Waals surface area contributed by atoms with E-state index in [0.29, 0.717) is 5.56 Å². The van der Waals surface area contributed by atoms with Crippen molar-refractivity contribution in [1.82, 2.24) is 15.6 Å². The first-order valence-corrected chi connectivity index (χ1v) is 9.31. The number of hydrogen-bond acceptors (Lipinski definition) is 3. The lowest BCUT2D eigenvalue weighted by atomic mass is 10.0. The summed E-state index contributed by atoms with van der Waals surface area (Å²) in [7, 11) is 0. The van der Waals surface area contributed by atoms with Gasteiger partial charge >= 0.3 is 5.97 Å². The maximum Gasteiger partial charge on any atom is 0.326 e. The molecule has 2 amide bonds. The lowest BCUT2D eigenvalue weighted by Gasteiger charge is -2.19. The van der Waals surface area contributed by atoms with E-state index in [0.717, 1.165) is 22.0 Å². The van der Waals surface area contributed by atoms with Crippen molar-refractivity contribution in [3.63, 3.8) is 0 Å². The summed E-state index contributed by atoms with van der Waals surface area (Å²) in [6.07, 6.45) is 1.87. The molecule has 0 aliphatic heterocycles. The summed E-state index contributed by atoms with van der Waals surface area (Å²) in [5.74, 6) is -2.08. The summed E-state index contributed by atoms with van der Waals surface area (Å²) in [6.45, 7) is 3.39. The molecule has 0 bridgehead atoms. The summed E-state index contributed by atoms with van der Waals surface area (Å²) < 4.78 is 0. The number of carboxylic acid groups (broad SMARTS) is 1. The molecule has 0 saturated carbocycles. The summed E-state index contributed by atoms with van der Waals surface area (Å²) >= 11 is 0. The van der Waals surface area contributed by atoms with Gasteiger partial charge in [-0.2, -0.15) is 0 Å². The summed E-state index contributed by atoms with van der Waals surface area (Å²) in [5.41, 5.74) is 3.07. The minimum absolute atomic E-state index is 0.129. The number of nitrogens with one attached hydrogen (secondary N) is 3. The van der Waals surface area contributed by atoms with Crippen LogP contribution in [0.15, 0.2) is 54.7 Å². The predicted molar refractivity (Wildman–Crippen MR) is 110 cm³/mol. The van der Waals surface area contributed by atoms with Crippen molar-refractivity contribution < 1.29 is 19.5 Å². The Labute approximate surface area is 168 Å². The molecule has 0 aliphatic rings. The van der Waals surface area contributed by atoms with Gasteiger partial charge in [0.15, 0.2) is 0 Å². The molecule has 3 rings (SSSR count). The van der Waals surface area contributed by atoms with Gasteiger partial charge in [0.25, 0.3) is 5.91 Å². The molecule has 2 aromatic carbocycles. The molecule has 1 aromatic heterocycles. The molecular weight excluding hydrogens is 370 g/mol. The number of carboxylic acids is 1. The maximum atomic E-state index is 12.5. The van der Waals surface area contributed by atoms with Crippen LogP contribution in [-0.4, -0.2) is 40.0 Å². The second kappa shape index (κ2) is 8.60. The molecular formula is C22H23N3O4. The molecule has 7 heteroatoms. The number of rotatable bonds is 7. The topological polar surface area (TPSA) is 111 Å². The van der Waals surface area contributed by atoms with Gasteiger partial charge in [0.1, 0.15) is 12.1 Å². The number of carbonyl (C=O) groups excluding carboxylic acids is 2. The normalized spacial score (nSPS) is 12.9. The molecule has 29 heavy (non-hydrogen) atoms. The van der Waals surface area contributed by atoms with Gasteiger partial charge in [-0.05, 0) is 37.6 Å². The number of fused-ring (bicyclic) bond motifs is 1. The largest absolute Gasteiger partial charge is 0.480 e. The number of amides is 2. The molecule has 0 unspecified atom stereocenters. The van der Waals surface area contributed by atoms with E-state index in [4.69, 9.17) is 0 Å². The van der Waals surface area contributed by atoms with Crippen LogP contribution in [0.3, 0.4) is 0 Å². The predicted octanol–water partition coefficient (Wildman–Crippen LogP) is 2.41. The molecule has 0 fully saturated rings. The van der Waals surface area contributed by atoms with E-state index in [-0.39, 0.29) is 12.3 Å². The lowest BCUT2D eigenvalue weighted by molar-refractivity contribution is -0.142. The van der Waals surface area contributed by atoms with Crippen LogP contribution >= 0.6 is 0 Å². The van der Waals surface area contributed by atoms with E-state index in [1.54, 1.807) is 24.4 Å². The van der Waals surface area contributed by atoms with Crippen molar-refractivity contribution in [2.24, 2.45) is 0 Å². The fraction of sp³-hybridized carbons (Fsp3) is 0.227. The Balaban J connectivity index is 1.66. The number of benzene rings is 2. The van der Waals surface area contributed by atoms with Gasteiger partial charge in [-0.1, -0.05) is 35.9 Å². The maximum absolute atomic E-state index is 12.5. The highest BCUT2D eigenvalue weighted by Crippen LogP contribution is 2.19. The number of aliphatic carboxylic acids is 1. The van der Waals surface area contributed by atoms with Gasteiger partial charge in [-0.3, -0.25) is 9.59 Å². The van der Waals surface area contributed by atoms with E-state index in [1.165, 1.54) is 6.92 Å². The fourth-order valence-corrected chi connectivity index (χ4v) is 3.15. The molecule has 2 atom stereocenters. The minimum atomic E-state index is -1.14. The van der Waals surface area contributed by atoms with Crippen molar-refractivity contribution in [1.29, 1.82) is 0 Å². The third-order valence-electron chi connectivity index (χ3n) is 4.73. The average molecular weight is 393 g/mol. The Bertz CT molecular complexity index is 1060. The van der Waals surface area contributed by atoms with E-state index in [9.17, 15) is 19.5 Å². The zero-order valence-corrected chi connectivity index (χ0v) is 16.2. The standard InChI is InChI=1S/C22H23N3O4/c1-13-6-5-7-15(10-13)21(27)24-14(2)20(26)25-19(22(28)29)11-16-12-23-18-9-4-3-8-17(16)18/h3-10,12,14,19,23H,11H2,1-2H3,(H,24,27)(H,25,26)(H,28,29)/t14-,19-/m0/s1. The van der Waals surface area contributed by atoms with Crippen molar-refractivity contribution in [2.45, 2.75) is 32.4 Å². The van der Waals surface area contributed by atoms with E-state index in [1.807, 2.05) is 37.3 Å². The molecule has 7 nitrogen and oxygen atoms in total. The van der Waals surface area contributed by atoms with Crippen molar-refractivity contribution in [3.05, 3.63) is 71.4 Å². The van der Waals surface area contributed by atoms with Crippen LogP contribution in [-0.2, 0) is 16.0 Å².